The van der Waals surface area contributed by atoms with E-state index < -0.39 is 5.60 Å². The second-order valence-electron chi connectivity index (χ2n) is 6.20. The highest BCUT2D eigenvalue weighted by molar-refractivity contribution is 5.39. The van der Waals surface area contributed by atoms with Gasteiger partial charge >= 0.3 is 0 Å². The third-order valence-corrected chi connectivity index (χ3v) is 4.87. The molecule has 0 aliphatic carbocycles. The maximum Gasteiger partial charge on any atom is 0.122 e. The maximum absolute atomic E-state index is 10.7. The lowest BCUT2D eigenvalue weighted by atomic mass is 9.85. The van der Waals surface area contributed by atoms with Crippen LogP contribution in [0.1, 0.15) is 37.3 Å². The van der Waals surface area contributed by atoms with Crippen molar-refractivity contribution in [3.63, 3.8) is 0 Å². The number of likely N-dealkylation sites (tertiary alicyclic amines) is 1. The zero-order valence-corrected chi connectivity index (χ0v) is 12.4. The number of hydrogen-bond acceptors (Lipinski definition) is 3. The molecule has 1 N–H and O–H groups in total. The molecular formula is C17H25NO2. The summed E-state index contributed by atoms with van der Waals surface area (Å²) in [5.41, 5.74) is 2.21. The van der Waals surface area contributed by atoms with Crippen LogP contribution in [0.15, 0.2) is 18.2 Å². The van der Waals surface area contributed by atoms with Crippen molar-refractivity contribution in [2.75, 3.05) is 26.2 Å². The van der Waals surface area contributed by atoms with Crippen LogP contribution in [-0.2, 0) is 12.8 Å². The quantitative estimate of drug-likeness (QED) is 0.916. The lowest BCUT2D eigenvalue weighted by molar-refractivity contribution is -0.0261. The summed E-state index contributed by atoms with van der Waals surface area (Å²) in [5.74, 6) is 1.05. The summed E-state index contributed by atoms with van der Waals surface area (Å²) in [6, 6.07) is 6.49. The molecule has 1 aromatic carbocycles. The van der Waals surface area contributed by atoms with E-state index >= 15 is 0 Å². The fourth-order valence-corrected chi connectivity index (χ4v) is 3.31. The Morgan fingerprint density at radius 1 is 1.30 bits per heavy atom. The van der Waals surface area contributed by atoms with Gasteiger partial charge in [0, 0.05) is 19.5 Å². The van der Waals surface area contributed by atoms with Gasteiger partial charge in [0.05, 0.1) is 12.2 Å². The topological polar surface area (TPSA) is 32.7 Å². The van der Waals surface area contributed by atoms with Crippen molar-refractivity contribution in [3.05, 3.63) is 29.3 Å². The first-order valence-corrected chi connectivity index (χ1v) is 7.88. The van der Waals surface area contributed by atoms with Crippen molar-refractivity contribution in [3.8, 4) is 5.75 Å². The number of ether oxygens (including phenoxy) is 1. The van der Waals surface area contributed by atoms with Gasteiger partial charge in [-0.1, -0.05) is 19.1 Å². The Hall–Kier alpha value is -1.06. The molecule has 1 aromatic rings. The third-order valence-electron chi connectivity index (χ3n) is 4.87. The van der Waals surface area contributed by atoms with E-state index in [1.54, 1.807) is 0 Å². The second kappa shape index (κ2) is 5.74. The van der Waals surface area contributed by atoms with Gasteiger partial charge in [-0.3, -0.25) is 0 Å². The van der Waals surface area contributed by atoms with E-state index in [0.717, 1.165) is 64.1 Å². The Morgan fingerprint density at radius 2 is 2.10 bits per heavy atom. The van der Waals surface area contributed by atoms with Gasteiger partial charge in [-0.15, -0.1) is 0 Å². The smallest absolute Gasteiger partial charge is 0.122 e. The fraction of sp³-hybridized carbons (Fsp3) is 0.647. The molecule has 3 rings (SSSR count). The summed E-state index contributed by atoms with van der Waals surface area (Å²) in [6.45, 7) is 6.17. The number of piperidine rings is 1. The minimum atomic E-state index is -0.457. The number of aryl methyl sites for hydroxylation is 1. The van der Waals surface area contributed by atoms with E-state index in [1.807, 2.05) is 0 Å². The van der Waals surface area contributed by atoms with Crippen LogP contribution in [0.25, 0.3) is 0 Å². The minimum Gasteiger partial charge on any atom is -0.493 e. The molecule has 0 radical (unpaired) electrons. The monoisotopic (exact) mass is 275 g/mol. The van der Waals surface area contributed by atoms with Gasteiger partial charge in [0.15, 0.2) is 0 Å². The van der Waals surface area contributed by atoms with Crippen molar-refractivity contribution < 1.29 is 9.84 Å². The number of fused-ring (bicyclic) bond motifs is 1. The average molecular weight is 275 g/mol. The van der Waals surface area contributed by atoms with E-state index in [0.29, 0.717) is 0 Å². The van der Waals surface area contributed by atoms with E-state index in [-0.39, 0.29) is 0 Å². The molecule has 0 bridgehead atoms. The molecule has 0 amide bonds. The number of rotatable bonds is 4. The molecule has 0 aromatic heterocycles. The summed E-state index contributed by atoms with van der Waals surface area (Å²) in [5, 5.41) is 10.7. The number of benzene rings is 1. The average Bonchev–Trinajstić information content (AvgIpc) is 2.94. The van der Waals surface area contributed by atoms with Gasteiger partial charge in [-0.25, -0.2) is 0 Å². The Balaban J connectivity index is 1.56. The van der Waals surface area contributed by atoms with Crippen LogP contribution in [0.3, 0.4) is 0 Å². The van der Waals surface area contributed by atoms with Crippen molar-refractivity contribution in [1.29, 1.82) is 0 Å². The van der Waals surface area contributed by atoms with Gasteiger partial charge in [-0.05, 0) is 49.4 Å². The first-order valence-electron chi connectivity index (χ1n) is 7.88. The van der Waals surface area contributed by atoms with Crippen LogP contribution in [-0.4, -0.2) is 41.8 Å². The van der Waals surface area contributed by atoms with Crippen molar-refractivity contribution in [2.24, 2.45) is 0 Å². The standard InChI is InChI=1S/C17H25NO2/c1-2-18-10-8-17(19,9-11-18)7-5-14-3-4-16-15(13-14)6-12-20-16/h3-4,13,19H,2,5-12H2,1H3. The summed E-state index contributed by atoms with van der Waals surface area (Å²) >= 11 is 0. The Kier molecular flexibility index (Phi) is 3.99. The zero-order valence-electron chi connectivity index (χ0n) is 12.4. The molecule has 110 valence electrons. The predicted molar refractivity (Wildman–Crippen MR) is 80.3 cm³/mol. The third kappa shape index (κ3) is 2.99. The Labute approximate surface area is 121 Å². The second-order valence-corrected chi connectivity index (χ2v) is 6.20. The van der Waals surface area contributed by atoms with Gasteiger partial charge in [0.2, 0.25) is 0 Å². The highest BCUT2D eigenvalue weighted by Crippen LogP contribution is 2.30. The summed E-state index contributed by atoms with van der Waals surface area (Å²) in [6.07, 6.45) is 4.70. The lowest BCUT2D eigenvalue weighted by Crippen LogP contribution is -2.44. The predicted octanol–water partition coefficient (Wildman–Crippen LogP) is 2.40. The molecule has 0 spiro atoms. The molecule has 2 aliphatic rings. The number of aliphatic hydroxyl groups is 1. The van der Waals surface area contributed by atoms with Gasteiger partial charge in [0.1, 0.15) is 5.75 Å². The van der Waals surface area contributed by atoms with Gasteiger partial charge < -0.3 is 14.7 Å². The van der Waals surface area contributed by atoms with E-state index in [4.69, 9.17) is 4.74 Å². The molecule has 20 heavy (non-hydrogen) atoms. The summed E-state index contributed by atoms with van der Waals surface area (Å²) in [4.78, 5) is 2.42. The van der Waals surface area contributed by atoms with Crippen LogP contribution in [0.2, 0.25) is 0 Å². The fourth-order valence-electron chi connectivity index (χ4n) is 3.31. The van der Waals surface area contributed by atoms with Gasteiger partial charge in [0.25, 0.3) is 0 Å². The zero-order chi connectivity index (χ0) is 14.0. The molecule has 3 nitrogen and oxygen atoms in total. The molecular weight excluding hydrogens is 250 g/mol. The highest BCUT2D eigenvalue weighted by atomic mass is 16.5. The first kappa shape index (κ1) is 13.9. The van der Waals surface area contributed by atoms with Crippen molar-refractivity contribution in [1.82, 2.24) is 4.90 Å². The Bertz CT molecular complexity index is 464. The van der Waals surface area contributed by atoms with Crippen LogP contribution < -0.4 is 4.74 Å². The summed E-state index contributed by atoms with van der Waals surface area (Å²) < 4.78 is 5.54. The molecule has 2 heterocycles. The Morgan fingerprint density at radius 3 is 2.85 bits per heavy atom. The molecule has 3 heteroatoms. The minimum absolute atomic E-state index is 0.457. The van der Waals surface area contributed by atoms with Crippen LogP contribution in [0.5, 0.6) is 5.75 Å². The first-order chi connectivity index (χ1) is 9.68. The number of nitrogens with zero attached hydrogens (tertiary/aromatic N) is 1. The largest absolute Gasteiger partial charge is 0.493 e. The van der Waals surface area contributed by atoms with Crippen LogP contribution >= 0.6 is 0 Å². The molecule has 0 saturated carbocycles. The van der Waals surface area contributed by atoms with Crippen molar-refractivity contribution in [2.45, 2.75) is 44.6 Å². The normalized spacial score (nSPS) is 21.5. The molecule has 0 atom stereocenters. The van der Waals surface area contributed by atoms with Crippen molar-refractivity contribution >= 4 is 0 Å². The molecule has 1 saturated heterocycles. The van der Waals surface area contributed by atoms with Crippen LogP contribution in [0.4, 0.5) is 0 Å². The molecule has 2 aliphatic heterocycles. The van der Waals surface area contributed by atoms with E-state index in [2.05, 4.69) is 30.0 Å². The van der Waals surface area contributed by atoms with E-state index in [1.165, 1.54) is 11.1 Å². The SMILES string of the molecule is CCN1CCC(O)(CCc2ccc3c(c2)CCO3)CC1. The molecule has 1 fully saturated rings. The van der Waals surface area contributed by atoms with Gasteiger partial charge in [-0.2, -0.15) is 0 Å². The molecule has 0 unspecified atom stereocenters. The van der Waals surface area contributed by atoms with E-state index in [9.17, 15) is 5.11 Å². The lowest BCUT2D eigenvalue weighted by Gasteiger charge is -2.38. The summed E-state index contributed by atoms with van der Waals surface area (Å²) in [7, 11) is 0. The maximum atomic E-state index is 10.7. The number of hydrogen-bond donors (Lipinski definition) is 1. The van der Waals surface area contributed by atoms with Crippen LogP contribution in [0, 0.1) is 0 Å². The highest BCUT2D eigenvalue weighted by Gasteiger charge is 2.31.